The molecule has 1 aliphatic heterocycles. The van der Waals surface area contributed by atoms with Gasteiger partial charge in [0, 0.05) is 19.6 Å². The van der Waals surface area contributed by atoms with E-state index in [1.165, 1.54) is 0 Å². The monoisotopic (exact) mass is 341 g/mol. The van der Waals surface area contributed by atoms with Gasteiger partial charge in [-0.25, -0.2) is 0 Å². The van der Waals surface area contributed by atoms with Crippen molar-refractivity contribution in [1.82, 2.24) is 4.90 Å². The Morgan fingerprint density at radius 2 is 2.25 bits per heavy atom. The third-order valence-electron chi connectivity index (χ3n) is 3.71. The molecular weight excluding hydrogens is 322 g/mol. The minimum atomic E-state index is -0.683. The van der Waals surface area contributed by atoms with Gasteiger partial charge >= 0.3 is 5.97 Å². The number of carbonyl (C=O) groups is 1. The lowest BCUT2D eigenvalue weighted by Gasteiger charge is -2.34. The standard InChI is InChI=1S/C15H20BrNO3/c1-10-5-12(15(18)19)9-17(7-10)8-11-3-4-14(20-2)13(16)6-11/h3-4,6,10,12H,5,7-9H2,1-2H3,(H,18,19). The summed E-state index contributed by atoms with van der Waals surface area (Å²) < 4.78 is 6.15. The maximum absolute atomic E-state index is 11.2. The van der Waals surface area contributed by atoms with E-state index in [-0.39, 0.29) is 5.92 Å². The highest BCUT2D eigenvalue weighted by Crippen LogP contribution is 2.28. The fourth-order valence-corrected chi connectivity index (χ4v) is 3.42. The smallest absolute Gasteiger partial charge is 0.307 e. The lowest BCUT2D eigenvalue weighted by molar-refractivity contribution is -0.144. The zero-order chi connectivity index (χ0) is 14.7. The predicted octanol–water partition coefficient (Wildman–Crippen LogP) is 3.00. The van der Waals surface area contributed by atoms with Crippen molar-refractivity contribution in [2.24, 2.45) is 11.8 Å². The van der Waals surface area contributed by atoms with Crippen molar-refractivity contribution in [1.29, 1.82) is 0 Å². The molecule has 1 aromatic carbocycles. The third-order valence-corrected chi connectivity index (χ3v) is 4.33. The number of hydrogen-bond donors (Lipinski definition) is 1. The van der Waals surface area contributed by atoms with Gasteiger partial charge in [-0.1, -0.05) is 13.0 Å². The van der Waals surface area contributed by atoms with Crippen LogP contribution in [-0.2, 0) is 11.3 Å². The Balaban J connectivity index is 2.05. The van der Waals surface area contributed by atoms with Crippen LogP contribution in [0.2, 0.25) is 0 Å². The SMILES string of the molecule is COc1ccc(CN2CC(C)CC(C(=O)O)C2)cc1Br. The van der Waals surface area contributed by atoms with E-state index in [1.807, 2.05) is 18.2 Å². The van der Waals surface area contributed by atoms with E-state index in [1.54, 1.807) is 7.11 Å². The number of benzene rings is 1. The summed E-state index contributed by atoms with van der Waals surface area (Å²) in [4.78, 5) is 13.4. The van der Waals surface area contributed by atoms with Crippen LogP contribution in [0.4, 0.5) is 0 Å². The number of aliphatic carboxylic acids is 1. The number of ether oxygens (including phenoxy) is 1. The molecular formula is C15H20BrNO3. The molecule has 2 rings (SSSR count). The quantitative estimate of drug-likeness (QED) is 0.914. The van der Waals surface area contributed by atoms with E-state index in [4.69, 9.17) is 4.74 Å². The fraction of sp³-hybridized carbons (Fsp3) is 0.533. The van der Waals surface area contributed by atoms with E-state index in [0.29, 0.717) is 12.5 Å². The summed E-state index contributed by atoms with van der Waals surface area (Å²) in [5, 5.41) is 9.20. The van der Waals surface area contributed by atoms with Crippen molar-refractivity contribution in [2.45, 2.75) is 19.9 Å². The molecule has 0 aliphatic carbocycles. The highest BCUT2D eigenvalue weighted by molar-refractivity contribution is 9.10. The number of halogens is 1. The van der Waals surface area contributed by atoms with Gasteiger partial charge in [0.1, 0.15) is 5.75 Å². The minimum absolute atomic E-state index is 0.250. The van der Waals surface area contributed by atoms with Crippen molar-refractivity contribution in [3.63, 3.8) is 0 Å². The molecule has 1 saturated heterocycles. The molecule has 1 heterocycles. The van der Waals surface area contributed by atoms with E-state index < -0.39 is 5.97 Å². The number of carboxylic acid groups (broad SMARTS) is 1. The molecule has 110 valence electrons. The zero-order valence-corrected chi connectivity index (χ0v) is 13.4. The van der Waals surface area contributed by atoms with Crippen LogP contribution >= 0.6 is 15.9 Å². The molecule has 1 aromatic rings. The van der Waals surface area contributed by atoms with Crippen LogP contribution in [0, 0.1) is 11.8 Å². The Morgan fingerprint density at radius 3 is 2.85 bits per heavy atom. The minimum Gasteiger partial charge on any atom is -0.496 e. The van der Waals surface area contributed by atoms with Crippen LogP contribution in [0.25, 0.3) is 0 Å². The number of rotatable bonds is 4. The highest BCUT2D eigenvalue weighted by atomic mass is 79.9. The molecule has 0 spiro atoms. The lowest BCUT2D eigenvalue weighted by atomic mass is 9.90. The number of methoxy groups -OCH3 is 1. The van der Waals surface area contributed by atoms with Crippen molar-refractivity contribution in [3.8, 4) is 5.75 Å². The average molecular weight is 342 g/mol. The van der Waals surface area contributed by atoms with Gasteiger partial charge in [-0.3, -0.25) is 9.69 Å². The summed E-state index contributed by atoms with van der Waals surface area (Å²) in [5.41, 5.74) is 1.16. The molecule has 1 fully saturated rings. The number of hydrogen-bond acceptors (Lipinski definition) is 3. The number of nitrogens with zero attached hydrogens (tertiary/aromatic N) is 1. The Kier molecular flexibility index (Phi) is 5.05. The van der Waals surface area contributed by atoms with Gasteiger partial charge in [0.2, 0.25) is 0 Å². The zero-order valence-electron chi connectivity index (χ0n) is 11.8. The summed E-state index contributed by atoms with van der Waals surface area (Å²) >= 11 is 3.48. The van der Waals surface area contributed by atoms with Crippen LogP contribution < -0.4 is 4.74 Å². The highest BCUT2D eigenvalue weighted by Gasteiger charge is 2.29. The second-order valence-corrected chi connectivity index (χ2v) is 6.39. The van der Waals surface area contributed by atoms with Crippen molar-refractivity contribution >= 4 is 21.9 Å². The maximum Gasteiger partial charge on any atom is 0.307 e. The van der Waals surface area contributed by atoms with Crippen molar-refractivity contribution in [2.75, 3.05) is 20.2 Å². The maximum atomic E-state index is 11.2. The van der Waals surface area contributed by atoms with Crippen LogP contribution in [0.3, 0.4) is 0 Å². The predicted molar refractivity (Wildman–Crippen MR) is 80.9 cm³/mol. The first-order valence-electron chi connectivity index (χ1n) is 6.77. The number of carboxylic acids is 1. The molecule has 2 unspecified atom stereocenters. The van der Waals surface area contributed by atoms with E-state index in [9.17, 15) is 9.90 Å². The molecule has 1 N–H and O–H groups in total. The molecule has 1 aliphatic rings. The Hall–Kier alpha value is -1.07. The molecule has 5 heteroatoms. The largest absolute Gasteiger partial charge is 0.496 e. The van der Waals surface area contributed by atoms with Crippen LogP contribution in [0.15, 0.2) is 22.7 Å². The first kappa shape index (κ1) is 15.3. The van der Waals surface area contributed by atoms with Gasteiger partial charge in [-0.05, 0) is 46.0 Å². The molecule has 4 nitrogen and oxygen atoms in total. The van der Waals surface area contributed by atoms with Gasteiger partial charge in [-0.15, -0.1) is 0 Å². The summed E-state index contributed by atoms with van der Waals surface area (Å²) in [5.74, 6) is 0.300. The molecule has 0 aromatic heterocycles. The molecule has 0 radical (unpaired) electrons. The van der Waals surface area contributed by atoms with Crippen LogP contribution in [0.1, 0.15) is 18.9 Å². The van der Waals surface area contributed by atoms with E-state index >= 15 is 0 Å². The fourth-order valence-electron chi connectivity index (χ4n) is 2.84. The summed E-state index contributed by atoms with van der Waals surface area (Å²) in [6, 6.07) is 5.99. The van der Waals surface area contributed by atoms with E-state index in [2.05, 4.69) is 27.8 Å². The second kappa shape index (κ2) is 6.59. The van der Waals surface area contributed by atoms with Gasteiger partial charge in [0.05, 0.1) is 17.5 Å². The molecule has 0 amide bonds. The first-order valence-corrected chi connectivity index (χ1v) is 7.56. The van der Waals surface area contributed by atoms with Crippen molar-refractivity contribution < 1.29 is 14.6 Å². The first-order chi connectivity index (χ1) is 9.49. The summed E-state index contributed by atoms with van der Waals surface area (Å²) in [6.07, 6.45) is 0.776. The Labute approximate surface area is 127 Å². The van der Waals surface area contributed by atoms with Crippen molar-refractivity contribution in [3.05, 3.63) is 28.2 Å². The normalized spacial score (nSPS) is 23.6. The summed E-state index contributed by atoms with van der Waals surface area (Å²) in [6.45, 7) is 4.47. The van der Waals surface area contributed by atoms with Crippen LogP contribution in [0.5, 0.6) is 5.75 Å². The Morgan fingerprint density at radius 1 is 1.50 bits per heavy atom. The lowest BCUT2D eigenvalue weighted by Crippen LogP contribution is -2.41. The second-order valence-electron chi connectivity index (χ2n) is 5.54. The number of likely N-dealkylation sites (tertiary alicyclic amines) is 1. The van der Waals surface area contributed by atoms with Gasteiger partial charge in [0.25, 0.3) is 0 Å². The van der Waals surface area contributed by atoms with Gasteiger partial charge < -0.3 is 9.84 Å². The Bertz CT molecular complexity index is 492. The van der Waals surface area contributed by atoms with Gasteiger partial charge in [-0.2, -0.15) is 0 Å². The van der Waals surface area contributed by atoms with E-state index in [0.717, 1.165) is 35.3 Å². The molecule has 0 bridgehead atoms. The summed E-state index contributed by atoms with van der Waals surface area (Å²) in [7, 11) is 1.64. The third kappa shape index (κ3) is 3.73. The topological polar surface area (TPSA) is 49.8 Å². The van der Waals surface area contributed by atoms with Gasteiger partial charge in [0.15, 0.2) is 0 Å². The number of piperidine rings is 1. The molecule has 2 atom stereocenters. The molecule has 20 heavy (non-hydrogen) atoms. The average Bonchev–Trinajstić information content (AvgIpc) is 2.38. The van der Waals surface area contributed by atoms with Crippen LogP contribution in [-0.4, -0.2) is 36.2 Å². The molecule has 0 saturated carbocycles.